The van der Waals surface area contributed by atoms with Crippen molar-refractivity contribution in [3.63, 3.8) is 0 Å². The molecule has 1 heterocycles. The molecule has 2 aliphatic rings. The Morgan fingerprint density at radius 1 is 0.941 bits per heavy atom. The van der Waals surface area contributed by atoms with Gasteiger partial charge in [0.05, 0.1) is 13.2 Å². The van der Waals surface area contributed by atoms with Crippen LogP contribution in [0.4, 0.5) is 4.79 Å². The minimum Gasteiger partial charge on any atom is -0.448 e. The van der Waals surface area contributed by atoms with Gasteiger partial charge in [-0.15, -0.1) is 0 Å². The number of nitrogens with zero attached hydrogens (tertiary/aromatic N) is 1. The lowest BCUT2D eigenvalue weighted by atomic mass is 9.98. The summed E-state index contributed by atoms with van der Waals surface area (Å²) in [5, 5.41) is 52.2. The van der Waals surface area contributed by atoms with E-state index in [1.165, 1.54) is 4.90 Å². The summed E-state index contributed by atoms with van der Waals surface area (Å²) in [6.45, 7) is 0.816. The Hall–Kier alpha value is -2.53. The number of aliphatic hydroxyl groups excluding tert-OH is 5. The molecule has 0 saturated carbocycles. The van der Waals surface area contributed by atoms with Gasteiger partial charge in [-0.1, -0.05) is 48.5 Å². The molecule has 9 heteroatoms. The third-order valence-corrected chi connectivity index (χ3v) is 6.67. The smallest absolute Gasteiger partial charge is 0.409 e. The molecule has 0 aromatic heterocycles. The number of carbonyl (C=O) groups excluding carboxylic acids is 1. The molecule has 1 aliphatic heterocycles. The quantitative estimate of drug-likeness (QED) is 0.281. The van der Waals surface area contributed by atoms with E-state index in [0.717, 1.165) is 35.3 Å². The van der Waals surface area contributed by atoms with Crippen LogP contribution in [0.3, 0.4) is 0 Å². The molecule has 2 aromatic rings. The Bertz CT molecular complexity index is 938. The van der Waals surface area contributed by atoms with E-state index >= 15 is 0 Å². The zero-order valence-corrected chi connectivity index (χ0v) is 18.8. The summed E-state index contributed by atoms with van der Waals surface area (Å²) < 4.78 is 5.70. The number of hydrogen-bond donors (Lipinski definition) is 6. The Labute approximate surface area is 198 Å². The van der Waals surface area contributed by atoms with Crippen LogP contribution in [-0.4, -0.2) is 100 Å². The van der Waals surface area contributed by atoms with E-state index in [0.29, 0.717) is 6.54 Å². The highest BCUT2D eigenvalue weighted by atomic mass is 16.6. The third kappa shape index (κ3) is 5.10. The second-order valence-electron chi connectivity index (χ2n) is 9.03. The maximum atomic E-state index is 13.1. The molecular formula is C25H32N2O7. The molecule has 184 valence electrons. The SMILES string of the molecule is O=C(OCC1c2ccccc2-c2ccccc21)N(CC1CNC1)CC(O)C(O)C(O)C(O)CO. The molecule has 1 aliphatic carbocycles. The molecule has 9 nitrogen and oxygen atoms in total. The summed E-state index contributed by atoms with van der Waals surface area (Å²) in [6.07, 6.45) is -7.27. The fourth-order valence-corrected chi connectivity index (χ4v) is 4.60. The number of aliphatic hydroxyl groups is 5. The van der Waals surface area contributed by atoms with Crippen molar-refractivity contribution in [2.75, 3.05) is 39.4 Å². The Balaban J connectivity index is 1.44. The summed E-state index contributed by atoms with van der Waals surface area (Å²) in [5.41, 5.74) is 4.41. The van der Waals surface area contributed by atoms with Crippen LogP contribution in [0, 0.1) is 5.92 Å². The second kappa shape index (κ2) is 10.8. The van der Waals surface area contributed by atoms with Crippen LogP contribution in [0.25, 0.3) is 11.1 Å². The van der Waals surface area contributed by atoms with Gasteiger partial charge in [0.25, 0.3) is 0 Å². The van der Waals surface area contributed by atoms with E-state index in [9.17, 15) is 25.2 Å². The van der Waals surface area contributed by atoms with Gasteiger partial charge in [-0.2, -0.15) is 0 Å². The van der Waals surface area contributed by atoms with Crippen LogP contribution in [0.5, 0.6) is 0 Å². The van der Waals surface area contributed by atoms with Gasteiger partial charge in [0, 0.05) is 31.5 Å². The Morgan fingerprint density at radius 2 is 1.50 bits per heavy atom. The average Bonchev–Trinajstić information content (AvgIpc) is 3.16. The summed E-state index contributed by atoms with van der Waals surface area (Å²) in [6, 6.07) is 16.0. The van der Waals surface area contributed by atoms with E-state index in [1.807, 2.05) is 36.4 Å². The van der Waals surface area contributed by atoms with Crippen molar-refractivity contribution in [3.8, 4) is 11.1 Å². The van der Waals surface area contributed by atoms with Crippen molar-refractivity contribution >= 4 is 6.09 Å². The van der Waals surface area contributed by atoms with Crippen molar-refractivity contribution in [1.29, 1.82) is 0 Å². The third-order valence-electron chi connectivity index (χ3n) is 6.67. The molecule has 1 amide bonds. The van der Waals surface area contributed by atoms with Crippen LogP contribution in [0.2, 0.25) is 0 Å². The molecule has 2 aromatic carbocycles. The van der Waals surface area contributed by atoms with Gasteiger partial charge in [0.15, 0.2) is 0 Å². The van der Waals surface area contributed by atoms with E-state index in [4.69, 9.17) is 9.84 Å². The standard InChI is InChI=1S/C25H32N2O7/c28-13-22(30)24(32)23(31)21(29)12-27(11-15-9-26-10-15)25(33)34-14-20-18-7-3-1-5-16(18)17-6-2-4-8-19(17)20/h1-8,15,20-24,26,28-32H,9-14H2. The first-order chi connectivity index (χ1) is 16.4. The molecule has 4 rings (SSSR count). The normalized spacial score (nSPS) is 18.9. The van der Waals surface area contributed by atoms with E-state index < -0.39 is 37.1 Å². The number of nitrogens with one attached hydrogen (secondary N) is 1. The predicted octanol–water partition coefficient (Wildman–Crippen LogP) is -0.107. The maximum Gasteiger partial charge on any atom is 0.409 e. The molecule has 4 unspecified atom stereocenters. The van der Waals surface area contributed by atoms with Crippen LogP contribution in [0.1, 0.15) is 17.0 Å². The monoisotopic (exact) mass is 472 g/mol. The highest BCUT2D eigenvalue weighted by molar-refractivity contribution is 5.79. The zero-order chi connectivity index (χ0) is 24.2. The number of hydrogen-bond acceptors (Lipinski definition) is 8. The van der Waals surface area contributed by atoms with Gasteiger partial charge in [0.2, 0.25) is 0 Å². The summed E-state index contributed by atoms with van der Waals surface area (Å²) >= 11 is 0. The largest absolute Gasteiger partial charge is 0.448 e. The molecule has 0 radical (unpaired) electrons. The fraction of sp³-hybridized carbons (Fsp3) is 0.480. The van der Waals surface area contributed by atoms with Gasteiger partial charge in [-0.25, -0.2) is 4.79 Å². The van der Waals surface area contributed by atoms with Crippen molar-refractivity contribution < 1.29 is 35.1 Å². The topological polar surface area (TPSA) is 143 Å². The van der Waals surface area contributed by atoms with Crippen molar-refractivity contribution in [1.82, 2.24) is 10.2 Å². The molecule has 0 spiro atoms. The highest BCUT2D eigenvalue weighted by Gasteiger charge is 2.35. The number of ether oxygens (including phenoxy) is 1. The fourth-order valence-electron chi connectivity index (χ4n) is 4.60. The molecular weight excluding hydrogens is 440 g/mol. The molecule has 0 bridgehead atoms. The van der Waals surface area contributed by atoms with E-state index in [-0.39, 0.29) is 25.0 Å². The Kier molecular flexibility index (Phi) is 7.82. The molecule has 1 fully saturated rings. The maximum absolute atomic E-state index is 13.1. The minimum atomic E-state index is -1.75. The van der Waals surface area contributed by atoms with Crippen LogP contribution >= 0.6 is 0 Å². The van der Waals surface area contributed by atoms with E-state index in [2.05, 4.69) is 17.4 Å². The molecule has 4 atom stereocenters. The van der Waals surface area contributed by atoms with Crippen LogP contribution < -0.4 is 5.32 Å². The second-order valence-corrected chi connectivity index (χ2v) is 9.03. The van der Waals surface area contributed by atoms with Crippen molar-refractivity contribution in [2.45, 2.75) is 30.3 Å². The number of rotatable bonds is 10. The van der Waals surface area contributed by atoms with Gasteiger partial charge in [0.1, 0.15) is 31.0 Å². The summed E-state index contributed by atoms with van der Waals surface area (Å²) in [5.74, 6) is 0.0680. The lowest BCUT2D eigenvalue weighted by Gasteiger charge is -2.35. The highest BCUT2D eigenvalue weighted by Crippen LogP contribution is 2.44. The number of carbonyl (C=O) groups is 1. The molecule has 34 heavy (non-hydrogen) atoms. The number of fused-ring (bicyclic) bond motifs is 3. The van der Waals surface area contributed by atoms with E-state index in [1.54, 1.807) is 0 Å². The Morgan fingerprint density at radius 3 is 2.03 bits per heavy atom. The lowest BCUT2D eigenvalue weighted by molar-refractivity contribution is -0.119. The van der Waals surface area contributed by atoms with Gasteiger partial charge in [-0.05, 0) is 22.3 Å². The number of benzene rings is 2. The first kappa shape index (κ1) is 24.6. The zero-order valence-electron chi connectivity index (χ0n) is 18.8. The van der Waals surface area contributed by atoms with Crippen LogP contribution in [0.15, 0.2) is 48.5 Å². The predicted molar refractivity (Wildman–Crippen MR) is 124 cm³/mol. The van der Waals surface area contributed by atoms with Gasteiger partial charge in [-0.3, -0.25) is 0 Å². The van der Waals surface area contributed by atoms with Crippen molar-refractivity contribution in [3.05, 3.63) is 59.7 Å². The number of amides is 1. The van der Waals surface area contributed by atoms with Crippen molar-refractivity contribution in [2.24, 2.45) is 5.92 Å². The first-order valence-corrected chi connectivity index (χ1v) is 11.5. The van der Waals surface area contributed by atoms with Gasteiger partial charge >= 0.3 is 6.09 Å². The molecule has 6 N–H and O–H groups in total. The summed E-state index contributed by atoms with van der Waals surface area (Å²) in [7, 11) is 0. The summed E-state index contributed by atoms with van der Waals surface area (Å²) in [4.78, 5) is 14.4. The lowest BCUT2D eigenvalue weighted by Crippen LogP contribution is -2.54. The minimum absolute atomic E-state index is 0.111. The van der Waals surface area contributed by atoms with Crippen LogP contribution in [-0.2, 0) is 4.74 Å². The van der Waals surface area contributed by atoms with Gasteiger partial charge < -0.3 is 40.5 Å². The first-order valence-electron chi connectivity index (χ1n) is 11.5. The average molecular weight is 473 g/mol. The molecule has 1 saturated heterocycles.